The minimum Gasteiger partial charge on any atom is -0.340 e. The van der Waals surface area contributed by atoms with Crippen molar-refractivity contribution in [2.45, 2.75) is 31.7 Å². The molecule has 110 valence electrons. The molecule has 0 radical (unpaired) electrons. The van der Waals surface area contributed by atoms with E-state index in [2.05, 4.69) is 4.90 Å². The van der Waals surface area contributed by atoms with E-state index in [0.29, 0.717) is 6.54 Å². The van der Waals surface area contributed by atoms with Gasteiger partial charge in [-0.05, 0) is 58.0 Å². The van der Waals surface area contributed by atoms with Crippen LogP contribution in [0.3, 0.4) is 0 Å². The predicted octanol–water partition coefficient (Wildman–Crippen LogP) is 2.69. The topological polar surface area (TPSA) is 23.6 Å². The molecule has 0 saturated heterocycles. The number of likely N-dealkylation sites (N-methyl/N-ethyl adjacent to an activating group) is 2. The molecule has 1 amide bonds. The van der Waals surface area contributed by atoms with Crippen LogP contribution in [0.2, 0.25) is 0 Å². The number of hydrogen-bond donors (Lipinski definition) is 0. The molecule has 0 N–H and O–H groups in total. The van der Waals surface area contributed by atoms with E-state index >= 15 is 0 Å². The highest BCUT2D eigenvalue weighted by molar-refractivity contribution is 5.94. The van der Waals surface area contributed by atoms with Crippen LogP contribution in [0.15, 0.2) is 18.2 Å². The zero-order chi connectivity index (χ0) is 14.9. The molecular formula is C16H23FN2O. The van der Waals surface area contributed by atoms with Crippen molar-refractivity contribution in [2.24, 2.45) is 0 Å². The summed E-state index contributed by atoms with van der Waals surface area (Å²) < 4.78 is 13.9. The highest BCUT2D eigenvalue weighted by Crippen LogP contribution is 2.36. The molecule has 1 aromatic carbocycles. The largest absolute Gasteiger partial charge is 0.340 e. The van der Waals surface area contributed by atoms with E-state index in [1.54, 1.807) is 24.1 Å². The Bertz CT molecular complexity index is 509. The molecule has 0 spiro atoms. The van der Waals surface area contributed by atoms with E-state index in [-0.39, 0.29) is 17.0 Å². The highest BCUT2D eigenvalue weighted by atomic mass is 19.1. The average Bonchev–Trinajstić information content (AvgIpc) is 2.32. The second-order valence-corrected chi connectivity index (χ2v) is 6.12. The SMILES string of the molecule is Cc1ccc(C(=O)N(C)CC2(N(C)C)CCC2)c(F)c1. The lowest BCUT2D eigenvalue weighted by Gasteiger charge is -2.49. The summed E-state index contributed by atoms with van der Waals surface area (Å²) in [4.78, 5) is 16.2. The zero-order valence-electron chi connectivity index (χ0n) is 12.7. The number of nitrogens with zero attached hydrogens (tertiary/aromatic N) is 2. The van der Waals surface area contributed by atoms with Gasteiger partial charge >= 0.3 is 0 Å². The van der Waals surface area contributed by atoms with Crippen molar-refractivity contribution in [1.82, 2.24) is 9.80 Å². The van der Waals surface area contributed by atoms with Crippen molar-refractivity contribution in [3.63, 3.8) is 0 Å². The van der Waals surface area contributed by atoms with Gasteiger partial charge in [-0.2, -0.15) is 0 Å². The van der Waals surface area contributed by atoms with Crippen molar-refractivity contribution in [2.75, 3.05) is 27.7 Å². The van der Waals surface area contributed by atoms with Crippen molar-refractivity contribution in [3.05, 3.63) is 35.1 Å². The molecule has 0 bridgehead atoms. The minimum absolute atomic E-state index is 0.0611. The first-order chi connectivity index (χ1) is 9.35. The summed E-state index contributed by atoms with van der Waals surface area (Å²) in [5.41, 5.74) is 1.04. The van der Waals surface area contributed by atoms with Crippen molar-refractivity contribution in [1.29, 1.82) is 0 Å². The Morgan fingerprint density at radius 2 is 1.95 bits per heavy atom. The molecule has 0 atom stereocenters. The van der Waals surface area contributed by atoms with Crippen LogP contribution in [0.25, 0.3) is 0 Å². The fraction of sp³-hybridized carbons (Fsp3) is 0.562. The maximum absolute atomic E-state index is 13.9. The number of carbonyl (C=O) groups is 1. The van der Waals surface area contributed by atoms with Crippen LogP contribution in [0.5, 0.6) is 0 Å². The van der Waals surface area contributed by atoms with Gasteiger partial charge in [0.15, 0.2) is 0 Å². The van der Waals surface area contributed by atoms with E-state index in [1.807, 2.05) is 21.0 Å². The van der Waals surface area contributed by atoms with Crippen LogP contribution in [-0.2, 0) is 0 Å². The summed E-state index contributed by atoms with van der Waals surface area (Å²) >= 11 is 0. The van der Waals surface area contributed by atoms with E-state index in [4.69, 9.17) is 0 Å². The van der Waals surface area contributed by atoms with Gasteiger partial charge in [0.1, 0.15) is 5.82 Å². The van der Waals surface area contributed by atoms with Gasteiger partial charge in [0.2, 0.25) is 0 Å². The fourth-order valence-corrected chi connectivity index (χ4v) is 2.84. The van der Waals surface area contributed by atoms with Crippen molar-refractivity contribution < 1.29 is 9.18 Å². The summed E-state index contributed by atoms with van der Waals surface area (Å²) in [5.74, 6) is -0.676. The Morgan fingerprint density at radius 1 is 1.30 bits per heavy atom. The Hall–Kier alpha value is -1.42. The van der Waals surface area contributed by atoms with Crippen LogP contribution in [0.4, 0.5) is 4.39 Å². The molecule has 4 heteroatoms. The van der Waals surface area contributed by atoms with Crippen LogP contribution in [0.1, 0.15) is 35.2 Å². The van der Waals surface area contributed by atoms with Gasteiger partial charge in [-0.15, -0.1) is 0 Å². The van der Waals surface area contributed by atoms with E-state index in [1.165, 1.54) is 12.5 Å². The first kappa shape index (κ1) is 15.0. The van der Waals surface area contributed by atoms with Gasteiger partial charge in [0.25, 0.3) is 5.91 Å². The number of benzene rings is 1. The number of rotatable bonds is 4. The minimum atomic E-state index is -0.436. The second kappa shape index (κ2) is 5.52. The second-order valence-electron chi connectivity index (χ2n) is 6.12. The molecule has 20 heavy (non-hydrogen) atoms. The molecule has 1 aliphatic carbocycles. The smallest absolute Gasteiger partial charge is 0.256 e. The maximum atomic E-state index is 13.9. The third kappa shape index (κ3) is 2.70. The van der Waals surface area contributed by atoms with Gasteiger partial charge in [-0.25, -0.2) is 4.39 Å². The molecule has 0 heterocycles. The molecule has 2 rings (SSSR count). The van der Waals surface area contributed by atoms with E-state index in [0.717, 1.165) is 18.4 Å². The highest BCUT2D eigenvalue weighted by Gasteiger charge is 2.40. The number of aryl methyl sites for hydroxylation is 1. The molecule has 0 aliphatic heterocycles. The summed E-state index contributed by atoms with van der Waals surface area (Å²) in [6, 6.07) is 4.76. The molecule has 1 fully saturated rings. The first-order valence-electron chi connectivity index (χ1n) is 7.05. The standard InChI is InChI=1S/C16H23FN2O/c1-12-6-7-13(14(17)10-12)15(20)19(4)11-16(18(2)3)8-5-9-16/h6-7,10H,5,8-9,11H2,1-4H3. The molecule has 1 aromatic rings. The van der Waals surface area contributed by atoms with Crippen LogP contribution < -0.4 is 0 Å². The van der Waals surface area contributed by atoms with Gasteiger partial charge < -0.3 is 9.80 Å². The van der Waals surface area contributed by atoms with Gasteiger partial charge in [-0.1, -0.05) is 6.07 Å². The lowest BCUT2D eigenvalue weighted by molar-refractivity contribution is 0.0250. The average molecular weight is 278 g/mol. The Labute approximate surface area is 120 Å². The summed E-state index contributed by atoms with van der Waals surface area (Å²) in [5, 5.41) is 0. The van der Waals surface area contributed by atoms with Gasteiger partial charge in [0.05, 0.1) is 5.56 Å². The predicted molar refractivity (Wildman–Crippen MR) is 78.4 cm³/mol. The lowest BCUT2D eigenvalue weighted by atomic mass is 9.75. The number of hydrogen-bond acceptors (Lipinski definition) is 2. The lowest BCUT2D eigenvalue weighted by Crippen LogP contribution is -2.57. The van der Waals surface area contributed by atoms with Gasteiger partial charge in [0, 0.05) is 19.1 Å². The van der Waals surface area contributed by atoms with Crippen LogP contribution in [0, 0.1) is 12.7 Å². The van der Waals surface area contributed by atoms with Gasteiger partial charge in [-0.3, -0.25) is 4.79 Å². The van der Waals surface area contributed by atoms with Crippen molar-refractivity contribution in [3.8, 4) is 0 Å². The number of amides is 1. The third-order valence-corrected chi connectivity index (χ3v) is 4.47. The monoisotopic (exact) mass is 278 g/mol. The third-order valence-electron chi connectivity index (χ3n) is 4.47. The van der Waals surface area contributed by atoms with Crippen LogP contribution in [-0.4, -0.2) is 48.9 Å². The summed E-state index contributed by atoms with van der Waals surface area (Å²) in [7, 11) is 5.85. The Morgan fingerprint density at radius 3 is 2.40 bits per heavy atom. The summed E-state index contributed by atoms with van der Waals surface area (Å²) in [6.45, 7) is 2.46. The molecule has 0 aromatic heterocycles. The number of halogens is 1. The fourth-order valence-electron chi connectivity index (χ4n) is 2.84. The normalized spacial score (nSPS) is 16.9. The molecule has 3 nitrogen and oxygen atoms in total. The van der Waals surface area contributed by atoms with E-state index < -0.39 is 5.82 Å². The number of carbonyl (C=O) groups excluding carboxylic acids is 1. The maximum Gasteiger partial charge on any atom is 0.256 e. The molecule has 1 aliphatic rings. The quantitative estimate of drug-likeness (QED) is 0.845. The van der Waals surface area contributed by atoms with Crippen molar-refractivity contribution >= 4 is 5.91 Å². The first-order valence-corrected chi connectivity index (χ1v) is 7.05. The molecule has 1 saturated carbocycles. The molecule has 0 unspecified atom stereocenters. The Kier molecular flexibility index (Phi) is 4.14. The van der Waals surface area contributed by atoms with E-state index in [9.17, 15) is 9.18 Å². The zero-order valence-corrected chi connectivity index (χ0v) is 12.7. The summed E-state index contributed by atoms with van der Waals surface area (Å²) in [6.07, 6.45) is 3.38. The Balaban J connectivity index is 2.12. The molecular weight excluding hydrogens is 255 g/mol. The van der Waals surface area contributed by atoms with Crippen LogP contribution >= 0.6 is 0 Å².